The number of hydrogen-bond donors (Lipinski definition) is 2. The maximum Gasteiger partial charge on any atom is 0.122 e. The Morgan fingerprint density at radius 1 is 0.875 bits per heavy atom. The number of phenolic OH excluding ortho intramolecular Hbond substituents is 1. The van der Waals surface area contributed by atoms with E-state index in [4.69, 9.17) is 0 Å². The van der Waals surface area contributed by atoms with Gasteiger partial charge < -0.3 is 10.2 Å². The number of aliphatic hydroxyl groups is 1. The molecule has 0 aromatic heterocycles. The predicted octanol–water partition coefficient (Wildman–Crippen LogP) is 2.65. The number of phenols is 1. The monoisotopic (exact) mass is 214 g/mol. The largest absolute Gasteiger partial charge is 0.508 e. The zero-order chi connectivity index (χ0) is 11.6. The van der Waals surface area contributed by atoms with Crippen molar-refractivity contribution in [2.45, 2.75) is 12.5 Å². The molecule has 0 fully saturated rings. The number of aromatic hydroxyl groups is 1. The highest BCUT2D eigenvalue weighted by atomic mass is 16.3. The number of benzene rings is 2. The minimum absolute atomic E-state index is 0.108. The van der Waals surface area contributed by atoms with Gasteiger partial charge in [-0.2, -0.15) is 0 Å². The molecule has 2 aromatic rings. The summed E-state index contributed by atoms with van der Waals surface area (Å²) >= 11 is 0. The molecule has 0 spiro atoms. The highest BCUT2D eigenvalue weighted by Crippen LogP contribution is 2.34. The highest BCUT2D eigenvalue weighted by Gasteiger charge is 2.27. The quantitative estimate of drug-likeness (QED) is 0.806. The van der Waals surface area contributed by atoms with Crippen LogP contribution in [-0.2, 0) is 5.60 Å². The van der Waals surface area contributed by atoms with E-state index >= 15 is 0 Å². The first-order valence-corrected chi connectivity index (χ1v) is 5.19. The molecule has 0 aliphatic carbocycles. The van der Waals surface area contributed by atoms with Gasteiger partial charge in [0.05, 0.1) is 0 Å². The number of para-hydroxylation sites is 1. The second kappa shape index (κ2) is 3.99. The van der Waals surface area contributed by atoms with Crippen LogP contribution in [0.15, 0.2) is 54.6 Å². The number of rotatable bonds is 2. The van der Waals surface area contributed by atoms with Crippen LogP contribution in [-0.4, -0.2) is 10.2 Å². The standard InChI is InChI=1S/C14H14O2/c1-14(16,11-7-3-2-4-8-11)12-9-5-6-10-13(12)15/h2-10,15-16H,1H3. The molecule has 0 aliphatic rings. The Bertz CT molecular complexity index is 475. The molecule has 2 rings (SSSR count). The van der Waals surface area contributed by atoms with Crippen LogP contribution in [0.1, 0.15) is 18.1 Å². The first-order valence-electron chi connectivity index (χ1n) is 5.19. The lowest BCUT2D eigenvalue weighted by molar-refractivity contribution is 0.0992. The maximum absolute atomic E-state index is 10.5. The first-order chi connectivity index (χ1) is 7.62. The molecule has 2 heteroatoms. The molecule has 2 nitrogen and oxygen atoms in total. The van der Waals surface area contributed by atoms with Crippen LogP contribution in [0.2, 0.25) is 0 Å². The molecular weight excluding hydrogens is 200 g/mol. The molecule has 0 heterocycles. The SMILES string of the molecule is CC(O)(c1ccccc1)c1ccccc1O. The van der Waals surface area contributed by atoms with Crippen LogP contribution < -0.4 is 0 Å². The fourth-order valence-corrected chi connectivity index (χ4v) is 1.80. The minimum atomic E-state index is -1.17. The summed E-state index contributed by atoms with van der Waals surface area (Å²) in [5.41, 5.74) is 0.102. The fourth-order valence-electron chi connectivity index (χ4n) is 1.80. The van der Waals surface area contributed by atoms with E-state index in [-0.39, 0.29) is 5.75 Å². The van der Waals surface area contributed by atoms with Crippen molar-refractivity contribution in [2.24, 2.45) is 0 Å². The maximum atomic E-state index is 10.5. The van der Waals surface area contributed by atoms with Gasteiger partial charge in [-0.3, -0.25) is 0 Å². The molecule has 0 amide bonds. The highest BCUT2D eigenvalue weighted by molar-refractivity contribution is 5.43. The second-order valence-electron chi connectivity index (χ2n) is 3.96. The van der Waals surface area contributed by atoms with Crippen molar-refractivity contribution in [3.05, 3.63) is 65.7 Å². The van der Waals surface area contributed by atoms with E-state index in [2.05, 4.69) is 0 Å². The van der Waals surface area contributed by atoms with E-state index in [0.29, 0.717) is 5.56 Å². The fraction of sp³-hybridized carbons (Fsp3) is 0.143. The van der Waals surface area contributed by atoms with Gasteiger partial charge in [0.1, 0.15) is 11.4 Å². The molecule has 0 saturated heterocycles. The molecular formula is C14H14O2. The van der Waals surface area contributed by atoms with Gasteiger partial charge in [-0.25, -0.2) is 0 Å². The molecule has 0 aliphatic heterocycles. The molecule has 82 valence electrons. The molecule has 2 N–H and O–H groups in total. The molecule has 0 saturated carbocycles. The first kappa shape index (κ1) is 10.7. The van der Waals surface area contributed by atoms with Crippen LogP contribution in [0.3, 0.4) is 0 Å². The summed E-state index contributed by atoms with van der Waals surface area (Å²) in [6.45, 7) is 1.68. The van der Waals surface area contributed by atoms with E-state index in [9.17, 15) is 10.2 Å². The summed E-state index contributed by atoms with van der Waals surface area (Å²) < 4.78 is 0. The molecule has 2 aromatic carbocycles. The van der Waals surface area contributed by atoms with Crippen molar-refractivity contribution in [3.63, 3.8) is 0 Å². The average molecular weight is 214 g/mol. The van der Waals surface area contributed by atoms with Gasteiger partial charge >= 0.3 is 0 Å². The van der Waals surface area contributed by atoms with E-state index in [1.165, 1.54) is 0 Å². The van der Waals surface area contributed by atoms with Crippen LogP contribution in [0, 0.1) is 0 Å². The summed E-state index contributed by atoms with van der Waals surface area (Å²) in [5, 5.41) is 20.2. The van der Waals surface area contributed by atoms with Gasteiger partial charge in [0.15, 0.2) is 0 Å². The van der Waals surface area contributed by atoms with Crippen molar-refractivity contribution >= 4 is 0 Å². The zero-order valence-electron chi connectivity index (χ0n) is 9.09. The van der Waals surface area contributed by atoms with Crippen LogP contribution in [0.5, 0.6) is 5.75 Å². The number of hydrogen-bond acceptors (Lipinski definition) is 2. The Morgan fingerprint density at radius 2 is 1.44 bits per heavy atom. The third-order valence-electron chi connectivity index (χ3n) is 2.76. The minimum Gasteiger partial charge on any atom is -0.508 e. The van der Waals surface area contributed by atoms with Gasteiger partial charge in [0.25, 0.3) is 0 Å². The summed E-state index contributed by atoms with van der Waals surface area (Å²) in [5.74, 6) is 0.108. The van der Waals surface area contributed by atoms with E-state index in [0.717, 1.165) is 5.56 Å². The lowest BCUT2D eigenvalue weighted by Crippen LogP contribution is -2.22. The average Bonchev–Trinajstić information content (AvgIpc) is 2.30. The topological polar surface area (TPSA) is 40.5 Å². The van der Waals surface area contributed by atoms with Crippen molar-refractivity contribution in [1.82, 2.24) is 0 Å². The van der Waals surface area contributed by atoms with Crippen molar-refractivity contribution in [3.8, 4) is 5.75 Å². The summed E-state index contributed by atoms with van der Waals surface area (Å²) in [4.78, 5) is 0. The third kappa shape index (κ3) is 1.79. The summed E-state index contributed by atoms with van der Waals surface area (Å²) in [6.07, 6.45) is 0. The van der Waals surface area contributed by atoms with Gasteiger partial charge in [0, 0.05) is 5.56 Å². The van der Waals surface area contributed by atoms with Gasteiger partial charge in [-0.1, -0.05) is 48.5 Å². The summed E-state index contributed by atoms with van der Waals surface area (Å²) in [7, 11) is 0. The van der Waals surface area contributed by atoms with Crippen LogP contribution >= 0.6 is 0 Å². The zero-order valence-corrected chi connectivity index (χ0v) is 9.09. The Morgan fingerprint density at radius 3 is 2.06 bits per heavy atom. The third-order valence-corrected chi connectivity index (χ3v) is 2.76. The summed E-state index contributed by atoms with van der Waals surface area (Å²) in [6, 6.07) is 16.1. The lowest BCUT2D eigenvalue weighted by Gasteiger charge is -2.25. The Hall–Kier alpha value is -1.80. The van der Waals surface area contributed by atoms with Crippen molar-refractivity contribution < 1.29 is 10.2 Å². The molecule has 0 radical (unpaired) electrons. The van der Waals surface area contributed by atoms with Gasteiger partial charge in [-0.15, -0.1) is 0 Å². The lowest BCUT2D eigenvalue weighted by atomic mass is 9.88. The van der Waals surface area contributed by atoms with E-state index in [1.807, 2.05) is 30.3 Å². The van der Waals surface area contributed by atoms with Crippen LogP contribution in [0.25, 0.3) is 0 Å². The predicted molar refractivity (Wildman–Crippen MR) is 63.2 cm³/mol. The second-order valence-corrected chi connectivity index (χ2v) is 3.96. The normalized spacial score (nSPS) is 14.4. The Labute approximate surface area is 94.8 Å². The van der Waals surface area contributed by atoms with E-state index in [1.54, 1.807) is 31.2 Å². The molecule has 16 heavy (non-hydrogen) atoms. The van der Waals surface area contributed by atoms with Gasteiger partial charge in [-0.05, 0) is 18.6 Å². The Balaban J connectivity index is 2.51. The van der Waals surface area contributed by atoms with Crippen molar-refractivity contribution in [1.29, 1.82) is 0 Å². The van der Waals surface area contributed by atoms with Crippen molar-refractivity contribution in [2.75, 3.05) is 0 Å². The molecule has 1 unspecified atom stereocenters. The molecule has 1 atom stereocenters. The smallest absolute Gasteiger partial charge is 0.122 e. The molecule has 0 bridgehead atoms. The van der Waals surface area contributed by atoms with Gasteiger partial charge in [0.2, 0.25) is 0 Å². The van der Waals surface area contributed by atoms with E-state index < -0.39 is 5.60 Å². The van der Waals surface area contributed by atoms with Crippen LogP contribution in [0.4, 0.5) is 0 Å². The Kier molecular flexibility index (Phi) is 2.67.